The summed E-state index contributed by atoms with van der Waals surface area (Å²) in [6.07, 6.45) is 1.69. The molecule has 26 heavy (non-hydrogen) atoms. The molecule has 1 amide bonds. The van der Waals surface area contributed by atoms with E-state index in [0.717, 1.165) is 17.3 Å². The van der Waals surface area contributed by atoms with Crippen molar-refractivity contribution in [2.45, 2.75) is 6.61 Å². The molecule has 0 saturated carbocycles. The second-order valence-electron chi connectivity index (χ2n) is 5.29. The Kier molecular flexibility index (Phi) is 5.76. The van der Waals surface area contributed by atoms with E-state index in [4.69, 9.17) is 38.1 Å². The molecule has 1 fully saturated rings. The van der Waals surface area contributed by atoms with Gasteiger partial charge in [0.15, 0.2) is 16.7 Å². The van der Waals surface area contributed by atoms with Gasteiger partial charge in [-0.05, 0) is 47.7 Å². The predicted octanol–water partition coefficient (Wildman–Crippen LogP) is 4.72. The van der Waals surface area contributed by atoms with Gasteiger partial charge >= 0.3 is 0 Å². The fourth-order valence-electron chi connectivity index (χ4n) is 2.31. The highest BCUT2D eigenvalue weighted by Crippen LogP contribution is 2.33. The number of amidine groups is 1. The lowest BCUT2D eigenvalue weighted by molar-refractivity contribution is -0.115. The molecule has 1 saturated heterocycles. The number of thioether (sulfide) groups is 1. The molecular weight excluding hydrogens is 395 g/mol. The van der Waals surface area contributed by atoms with Gasteiger partial charge in [-0.2, -0.15) is 0 Å². The lowest BCUT2D eigenvalue weighted by Gasteiger charge is -2.13. The van der Waals surface area contributed by atoms with Crippen LogP contribution < -0.4 is 14.8 Å². The topological polar surface area (TPSA) is 71.4 Å². The molecule has 134 valence electrons. The largest absolute Gasteiger partial charge is 0.493 e. The van der Waals surface area contributed by atoms with Crippen molar-refractivity contribution >= 4 is 52.1 Å². The van der Waals surface area contributed by atoms with Gasteiger partial charge in [0, 0.05) is 15.6 Å². The second kappa shape index (κ2) is 8.03. The van der Waals surface area contributed by atoms with Crippen LogP contribution in [0.25, 0.3) is 6.08 Å². The molecule has 0 unspecified atom stereocenters. The molecule has 1 aliphatic heterocycles. The molecule has 2 N–H and O–H groups in total. The van der Waals surface area contributed by atoms with E-state index in [1.54, 1.807) is 49.6 Å². The van der Waals surface area contributed by atoms with Crippen LogP contribution in [0.4, 0.5) is 0 Å². The van der Waals surface area contributed by atoms with Gasteiger partial charge in [0.25, 0.3) is 5.91 Å². The van der Waals surface area contributed by atoms with Crippen molar-refractivity contribution in [1.29, 1.82) is 5.41 Å². The van der Waals surface area contributed by atoms with E-state index in [2.05, 4.69) is 5.32 Å². The molecule has 1 aliphatic rings. The van der Waals surface area contributed by atoms with Gasteiger partial charge in [-0.25, -0.2) is 0 Å². The molecule has 1 heterocycles. The first kappa shape index (κ1) is 18.6. The molecule has 0 radical (unpaired) electrons. The Hall–Kier alpha value is -2.15. The van der Waals surface area contributed by atoms with E-state index in [9.17, 15) is 4.79 Å². The molecule has 5 nitrogen and oxygen atoms in total. The van der Waals surface area contributed by atoms with Crippen molar-refractivity contribution in [3.8, 4) is 11.5 Å². The predicted molar refractivity (Wildman–Crippen MR) is 105 cm³/mol. The van der Waals surface area contributed by atoms with Gasteiger partial charge in [0.1, 0.15) is 6.61 Å². The molecule has 0 atom stereocenters. The number of ether oxygens (including phenoxy) is 2. The van der Waals surface area contributed by atoms with Crippen LogP contribution in [0, 0.1) is 5.41 Å². The van der Waals surface area contributed by atoms with E-state index in [1.165, 1.54) is 0 Å². The van der Waals surface area contributed by atoms with Gasteiger partial charge < -0.3 is 14.8 Å². The number of halogens is 2. The summed E-state index contributed by atoms with van der Waals surface area (Å²) in [4.78, 5) is 12.2. The number of carbonyl (C=O) groups excluding carboxylic acids is 1. The third-order valence-electron chi connectivity index (χ3n) is 3.58. The second-order valence-corrected chi connectivity index (χ2v) is 7.16. The van der Waals surface area contributed by atoms with E-state index >= 15 is 0 Å². The van der Waals surface area contributed by atoms with Crippen molar-refractivity contribution in [3.05, 3.63) is 62.5 Å². The third-order valence-corrected chi connectivity index (χ3v) is 5.12. The summed E-state index contributed by atoms with van der Waals surface area (Å²) in [6, 6.07) is 10.6. The van der Waals surface area contributed by atoms with Gasteiger partial charge in [-0.15, -0.1) is 0 Å². The lowest BCUT2D eigenvalue weighted by atomic mass is 10.2. The van der Waals surface area contributed by atoms with Crippen LogP contribution in [-0.4, -0.2) is 18.2 Å². The molecule has 0 aliphatic carbocycles. The minimum Gasteiger partial charge on any atom is -0.493 e. The van der Waals surface area contributed by atoms with Gasteiger partial charge in [-0.1, -0.05) is 35.3 Å². The SMILES string of the molecule is COc1ccc(/C=C2\SC(=N)NC2=O)cc1OCc1c(Cl)cccc1Cl. The summed E-state index contributed by atoms with van der Waals surface area (Å²) >= 11 is 13.4. The molecule has 8 heteroatoms. The molecule has 0 aromatic heterocycles. The average Bonchev–Trinajstić information content (AvgIpc) is 2.92. The Bertz CT molecular complexity index is 895. The van der Waals surface area contributed by atoms with Crippen LogP contribution in [0.5, 0.6) is 11.5 Å². The quantitative estimate of drug-likeness (QED) is 0.701. The van der Waals surface area contributed by atoms with Crippen molar-refractivity contribution in [2.75, 3.05) is 7.11 Å². The zero-order chi connectivity index (χ0) is 18.7. The minimum absolute atomic E-state index is 0.111. The summed E-state index contributed by atoms with van der Waals surface area (Å²) in [7, 11) is 1.55. The van der Waals surface area contributed by atoms with E-state index in [-0.39, 0.29) is 17.7 Å². The molecule has 2 aromatic carbocycles. The summed E-state index contributed by atoms with van der Waals surface area (Å²) in [6.45, 7) is 0.175. The lowest BCUT2D eigenvalue weighted by Crippen LogP contribution is -2.18. The van der Waals surface area contributed by atoms with Crippen molar-refractivity contribution in [2.24, 2.45) is 0 Å². The van der Waals surface area contributed by atoms with Gasteiger partial charge in [0.2, 0.25) is 0 Å². The van der Waals surface area contributed by atoms with Gasteiger partial charge in [-0.3, -0.25) is 10.2 Å². The monoisotopic (exact) mass is 408 g/mol. The number of methoxy groups -OCH3 is 1. The summed E-state index contributed by atoms with van der Waals surface area (Å²) in [5, 5.41) is 11.1. The molecule has 0 spiro atoms. The van der Waals surface area contributed by atoms with Crippen LogP contribution in [0.1, 0.15) is 11.1 Å². The van der Waals surface area contributed by atoms with Crippen molar-refractivity contribution < 1.29 is 14.3 Å². The molecule has 3 rings (SSSR count). The smallest absolute Gasteiger partial charge is 0.264 e. The molecule has 0 bridgehead atoms. The number of benzene rings is 2. The number of nitrogens with one attached hydrogen (secondary N) is 2. The Morgan fingerprint density at radius 2 is 1.92 bits per heavy atom. The summed E-state index contributed by atoms with van der Waals surface area (Å²) < 4.78 is 11.2. The highest BCUT2D eigenvalue weighted by Gasteiger charge is 2.22. The minimum atomic E-state index is -0.291. The van der Waals surface area contributed by atoms with Crippen molar-refractivity contribution in [3.63, 3.8) is 0 Å². The number of amides is 1. The van der Waals surface area contributed by atoms with Crippen LogP contribution in [-0.2, 0) is 11.4 Å². The Labute approximate surface area is 164 Å². The van der Waals surface area contributed by atoms with E-state index in [1.807, 2.05) is 0 Å². The Balaban J connectivity index is 1.85. The maximum Gasteiger partial charge on any atom is 0.264 e. The summed E-state index contributed by atoms with van der Waals surface area (Å²) in [5.74, 6) is 0.754. The highest BCUT2D eigenvalue weighted by atomic mass is 35.5. The Morgan fingerprint density at radius 3 is 2.54 bits per heavy atom. The zero-order valence-corrected chi connectivity index (χ0v) is 16.0. The zero-order valence-electron chi connectivity index (χ0n) is 13.6. The number of carbonyl (C=O) groups is 1. The molecular formula is C18H14Cl2N2O3S. The first-order chi connectivity index (χ1) is 12.5. The molecule has 2 aromatic rings. The van der Waals surface area contributed by atoms with E-state index < -0.39 is 0 Å². The normalized spacial score (nSPS) is 15.3. The maximum absolute atomic E-state index is 11.8. The van der Waals surface area contributed by atoms with E-state index in [0.29, 0.717) is 32.0 Å². The highest BCUT2D eigenvalue weighted by molar-refractivity contribution is 8.18. The number of rotatable bonds is 5. The van der Waals surface area contributed by atoms with Crippen LogP contribution in [0.2, 0.25) is 10.0 Å². The number of hydrogen-bond acceptors (Lipinski definition) is 5. The van der Waals surface area contributed by atoms with Crippen LogP contribution >= 0.6 is 35.0 Å². The van der Waals surface area contributed by atoms with Crippen LogP contribution in [0.3, 0.4) is 0 Å². The Morgan fingerprint density at radius 1 is 1.19 bits per heavy atom. The maximum atomic E-state index is 11.8. The average molecular weight is 409 g/mol. The first-order valence-corrected chi connectivity index (χ1v) is 9.08. The fraction of sp³-hybridized carbons (Fsp3) is 0.111. The number of hydrogen-bond donors (Lipinski definition) is 2. The van der Waals surface area contributed by atoms with Crippen molar-refractivity contribution in [1.82, 2.24) is 5.32 Å². The summed E-state index contributed by atoms with van der Waals surface area (Å²) in [5.41, 5.74) is 1.43. The standard InChI is InChI=1S/C18H14Cl2N2O3S/c1-24-14-6-5-10(8-16-17(23)22-18(21)26-16)7-15(14)25-9-11-12(19)3-2-4-13(11)20/h2-8H,9H2,1H3,(H2,21,22,23)/b16-8-. The first-order valence-electron chi connectivity index (χ1n) is 7.51. The third kappa shape index (κ3) is 4.15. The fourth-order valence-corrected chi connectivity index (χ4v) is 3.52. The van der Waals surface area contributed by atoms with Crippen LogP contribution in [0.15, 0.2) is 41.3 Å². The van der Waals surface area contributed by atoms with Gasteiger partial charge in [0.05, 0.1) is 12.0 Å².